The van der Waals surface area contributed by atoms with Crippen LogP contribution in [-0.4, -0.2) is 17.5 Å². The van der Waals surface area contributed by atoms with Crippen LogP contribution in [0.5, 0.6) is 0 Å². The van der Waals surface area contributed by atoms with Gasteiger partial charge in [0.2, 0.25) is 11.6 Å². The number of benzene rings is 1. The second-order valence-corrected chi connectivity index (χ2v) is 4.79. The Morgan fingerprint density at radius 2 is 2.10 bits per heavy atom. The topological polar surface area (TPSA) is 127 Å². The van der Waals surface area contributed by atoms with Crippen LogP contribution in [0.2, 0.25) is 0 Å². The van der Waals surface area contributed by atoms with Crippen molar-refractivity contribution >= 4 is 28.8 Å². The van der Waals surface area contributed by atoms with Gasteiger partial charge < -0.3 is 11.1 Å². The van der Waals surface area contributed by atoms with Crippen molar-refractivity contribution in [2.45, 2.75) is 20.8 Å². The van der Waals surface area contributed by atoms with E-state index >= 15 is 0 Å². The van der Waals surface area contributed by atoms with E-state index in [1.54, 1.807) is 32.0 Å². The molecule has 1 amide bonds. The van der Waals surface area contributed by atoms with Crippen LogP contribution in [-0.2, 0) is 4.79 Å². The highest BCUT2D eigenvalue weighted by atomic mass is 16.1. The number of amides is 1. The number of amidine groups is 1. The minimum absolute atomic E-state index is 0.127. The maximum Gasteiger partial charge on any atom is 0.226 e. The fourth-order valence-electron chi connectivity index (χ4n) is 1.40. The van der Waals surface area contributed by atoms with Crippen molar-refractivity contribution in [1.29, 1.82) is 10.7 Å². The monoisotopic (exact) mass is 286 g/mol. The molecule has 7 nitrogen and oxygen atoms in total. The van der Waals surface area contributed by atoms with Crippen molar-refractivity contribution in [2.24, 2.45) is 16.8 Å². The zero-order valence-corrected chi connectivity index (χ0v) is 12.2. The average Bonchev–Trinajstić information content (AvgIpc) is 2.41. The van der Waals surface area contributed by atoms with Crippen LogP contribution >= 0.6 is 0 Å². The molecule has 0 saturated heterocycles. The van der Waals surface area contributed by atoms with Crippen molar-refractivity contribution < 1.29 is 4.79 Å². The Labute approximate surface area is 123 Å². The molecule has 0 radical (unpaired) electrons. The number of hydrazone groups is 1. The van der Waals surface area contributed by atoms with Gasteiger partial charge in [0, 0.05) is 5.92 Å². The third kappa shape index (κ3) is 4.62. The molecule has 0 saturated carbocycles. The third-order valence-corrected chi connectivity index (χ3v) is 2.61. The highest BCUT2D eigenvalue weighted by Crippen LogP contribution is 2.23. The Hall–Kier alpha value is -2.88. The van der Waals surface area contributed by atoms with Crippen LogP contribution in [0.25, 0.3) is 0 Å². The lowest BCUT2D eigenvalue weighted by atomic mass is 10.1. The summed E-state index contributed by atoms with van der Waals surface area (Å²) in [5.74, 6) is -0.710. The molecule has 21 heavy (non-hydrogen) atoms. The molecule has 1 aromatic rings. The zero-order valence-electron chi connectivity index (χ0n) is 12.2. The molecule has 7 heteroatoms. The number of nitriles is 1. The highest BCUT2D eigenvalue weighted by molar-refractivity contribution is 6.45. The van der Waals surface area contributed by atoms with Gasteiger partial charge in [-0.1, -0.05) is 19.9 Å². The van der Waals surface area contributed by atoms with Crippen molar-refractivity contribution in [3.63, 3.8) is 0 Å². The van der Waals surface area contributed by atoms with Crippen LogP contribution < -0.4 is 16.5 Å². The van der Waals surface area contributed by atoms with E-state index in [2.05, 4.69) is 15.8 Å². The van der Waals surface area contributed by atoms with Gasteiger partial charge in [0.15, 0.2) is 5.84 Å². The van der Waals surface area contributed by atoms with E-state index in [-0.39, 0.29) is 17.5 Å². The molecule has 1 aromatic carbocycles. The normalized spacial score (nSPS) is 10.9. The molecule has 110 valence electrons. The SMILES string of the molecule is Cc1ccc(NC(=O)C(C)C)c(N/N=C(\C#N)C(=N)N)c1. The van der Waals surface area contributed by atoms with Crippen LogP contribution in [0.4, 0.5) is 11.4 Å². The first-order valence-electron chi connectivity index (χ1n) is 6.35. The highest BCUT2D eigenvalue weighted by Gasteiger charge is 2.10. The van der Waals surface area contributed by atoms with Crippen LogP contribution in [0.3, 0.4) is 0 Å². The van der Waals surface area contributed by atoms with Crippen LogP contribution in [0, 0.1) is 29.6 Å². The fourth-order valence-corrected chi connectivity index (χ4v) is 1.40. The summed E-state index contributed by atoms with van der Waals surface area (Å²) in [6.07, 6.45) is 0. The Morgan fingerprint density at radius 1 is 1.43 bits per heavy atom. The van der Waals surface area contributed by atoms with Gasteiger partial charge in [-0.3, -0.25) is 15.6 Å². The summed E-state index contributed by atoms with van der Waals surface area (Å²) in [6, 6.07) is 7.08. The Morgan fingerprint density at radius 3 is 2.62 bits per heavy atom. The molecule has 0 unspecified atom stereocenters. The number of hydrogen-bond acceptors (Lipinski definition) is 5. The van der Waals surface area contributed by atoms with Gasteiger partial charge in [0.05, 0.1) is 11.4 Å². The minimum Gasteiger partial charge on any atom is -0.382 e. The van der Waals surface area contributed by atoms with E-state index in [0.29, 0.717) is 11.4 Å². The van der Waals surface area contributed by atoms with E-state index in [1.807, 2.05) is 13.0 Å². The lowest BCUT2D eigenvalue weighted by Crippen LogP contribution is -2.22. The van der Waals surface area contributed by atoms with Crippen molar-refractivity contribution in [1.82, 2.24) is 0 Å². The molecule has 5 N–H and O–H groups in total. The summed E-state index contributed by atoms with van der Waals surface area (Å²) in [5.41, 5.74) is 9.68. The number of nitrogens with two attached hydrogens (primary N) is 1. The van der Waals surface area contributed by atoms with E-state index in [9.17, 15) is 4.79 Å². The molecule has 0 fully saturated rings. The van der Waals surface area contributed by atoms with Gasteiger partial charge in [-0.2, -0.15) is 10.4 Å². The minimum atomic E-state index is -0.426. The molecular weight excluding hydrogens is 268 g/mol. The van der Waals surface area contributed by atoms with Gasteiger partial charge in [-0.25, -0.2) is 0 Å². The van der Waals surface area contributed by atoms with Gasteiger partial charge in [-0.05, 0) is 24.6 Å². The second-order valence-electron chi connectivity index (χ2n) is 4.79. The van der Waals surface area contributed by atoms with Crippen molar-refractivity contribution in [2.75, 3.05) is 10.7 Å². The Bertz CT molecular complexity index is 627. The lowest BCUT2D eigenvalue weighted by molar-refractivity contribution is -0.118. The quantitative estimate of drug-likeness (QED) is 0.374. The molecule has 0 spiro atoms. The molecule has 0 aliphatic heterocycles. The number of nitrogens with zero attached hydrogens (tertiary/aromatic N) is 2. The van der Waals surface area contributed by atoms with E-state index in [0.717, 1.165) is 5.56 Å². The van der Waals surface area contributed by atoms with Crippen molar-refractivity contribution in [3.8, 4) is 6.07 Å². The Kier molecular flexibility index (Phi) is 5.43. The lowest BCUT2D eigenvalue weighted by Gasteiger charge is -2.13. The number of rotatable bonds is 5. The first-order chi connectivity index (χ1) is 9.85. The summed E-state index contributed by atoms with van der Waals surface area (Å²) >= 11 is 0. The largest absolute Gasteiger partial charge is 0.382 e. The zero-order chi connectivity index (χ0) is 16.0. The third-order valence-electron chi connectivity index (χ3n) is 2.61. The van der Waals surface area contributed by atoms with E-state index < -0.39 is 5.84 Å². The summed E-state index contributed by atoms with van der Waals surface area (Å²) in [5, 5.41) is 22.5. The molecule has 0 aromatic heterocycles. The predicted octanol–water partition coefficient (Wildman–Crippen LogP) is 1.82. The molecule has 0 atom stereocenters. The number of hydrogen-bond donors (Lipinski definition) is 4. The first kappa shape index (κ1) is 16.2. The van der Waals surface area contributed by atoms with Gasteiger partial charge in [0.25, 0.3) is 0 Å². The van der Waals surface area contributed by atoms with Gasteiger partial charge >= 0.3 is 0 Å². The number of carbonyl (C=O) groups is 1. The summed E-state index contributed by atoms with van der Waals surface area (Å²) in [7, 11) is 0. The molecule has 0 bridgehead atoms. The molecule has 0 heterocycles. The van der Waals surface area contributed by atoms with Gasteiger partial charge in [0.1, 0.15) is 6.07 Å². The first-order valence-corrected chi connectivity index (χ1v) is 6.35. The Balaban J connectivity index is 3.06. The smallest absolute Gasteiger partial charge is 0.226 e. The number of carbonyl (C=O) groups excluding carboxylic acids is 1. The van der Waals surface area contributed by atoms with Crippen LogP contribution in [0.15, 0.2) is 23.3 Å². The standard InChI is InChI=1S/C14H18N6O/c1-8(2)14(21)18-10-5-4-9(3)6-11(10)19-20-12(7-15)13(16)17/h4-6,8,19H,1-3H3,(H3,16,17)(H,18,21)/b20-12+. The van der Waals surface area contributed by atoms with Crippen LogP contribution in [0.1, 0.15) is 19.4 Å². The fraction of sp³-hybridized carbons (Fsp3) is 0.286. The maximum absolute atomic E-state index is 11.8. The second kappa shape index (κ2) is 7.05. The number of anilines is 2. The number of aryl methyl sites for hydroxylation is 1. The van der Waals surface area contributed by atoms with E-state index in [4.69, 9.17) is 16.4 Å². The predicted molar refractivity (Wildman–Crippen MR) is 83.2 cm³/mol. The molecule has 0 aliphatic carbocycles. The molecular formula is C14H18N6O. The average molecular weight is 286 g/mol. The van der Waals surface area contributed by atoms with Gasteiger partial charge in [-0.15, -0.1) is 0 Å². The summed E-state index contributed by atoms with van der Waals surface area (Å²) in [4.78, 5) is 11.8. The van der Waals surface area contributed by atoms with E-state index in [1.165, 1.54) is 0 Å². The summed E-state index contributed by atoms with van der Waals surface area (Å²) < 4.78 is 0. The molecule has 1 rings (SSSR count). The van der Waals surface area contributed by atoms with Crippen molar-refractivity contribution in [3.05, 3.63) is 23.8 Å². The maximum atomic E-state index is 11.8. The molecule has 0 aliphatic rings. The summed E-state index contributed by atoms with van der Waals surface area (Å²) in [6.45, 7) is 5.47. The number of nitrogens with one attached hydrogen (secondary N) is 3.